The van der Waals surface area contributed by atoms with Crippen molar-refractivity contribution in [3.05, 3.63) is 9.75 Å². The van der Waals surface area contributed by atoms with Crippen molar-refractivity contribution in [3.63, 3.8) is 0 Å². The molecule has 0 spiro atoms. The molecule has 1 unspecified atom stereocenters. The SMILES string of the molecule is COCCOCC1COc2c(C)sc(C)c2O1. The maximum Gasteiger partial charge on any atom is 0.175 e. The Labute approximate surface area is 105 Å². The van der Waals surface area contributed by atoms with E-state index in [1.54, 1.807) is 18.4 Å². The van der Waals surface area contributed by atoms with Gasteiger partial charge in [0.25, 0.3) is 0 Å². The summed E-state index contributed by atoms with van der Waals surface area (Å²) in [5, 5.41) is 0. The van der Waals surface area contributed by atoms with Crippen LogP contribution in [0, 0.1) is 13.8 Å². The predicted octanol–water partition coefficient (Wildman–Crippen LogP) is 2.17. The molecule has 2 heterocycles. The minimum absolute atomic E-state index is 0.0212. The molecule has 0 saturated heterocycles. The van der Waals surface area contributed by atoms with Crippen molar-refractivity contribution in [3.8, 4) is 11.5 Å². The molecule has 0 saturated carbocycles. The van der Waals surface area contributed by atoms with Crippen molar-refractivity contribution < 1.29 is 18.9 Å². The lowest BCUT2D eigenvalue weighted by molar-refractivity contribution is -0.00603. The zero-order chi connectivity index (χ0) is 12.3. The molecular formula is C12H18O4S. The topological polar surface area (TPSA) is 36.9 Å². The van der Waals surface area contributed by atoms with E-state index >= 15 is 0 Å². The van der Waals surface area contributed by atoms with E-state index in [0.717, 1.165) is 11.5 Å². The Morgan fingerprint density at radius 3 is 2.76 bits per heavy atom. The van der Waals surface area contributed by atoms with Gasteiger partial charge in [0.1, 0.15) is 6.61 Å². The second kappa shape index (κ2) is 5.71. The Morgan fingerprint density at radius 2 is 2.00 bits per heavy atom. The van der Waals surface area contributed by atoms with Crippen LogP contribution in [-0.2, 0) is 9.47 Å². The van der Waals surface area contributed by atoms with E-state index in [0.29, 0.717) is 26.4 Å². The first kappa shape index (κ1) is 12.7. The van der Waals surface area contributed by atoms with E-state index in [-0.39, 0.29) is 6.10 Å². The fourth-order valence-electron chi connectivity index (χ4n) is 1.76. The first-order valence-corrected chi connectivity index (χ1v) is 6.50. The van der Waals surface area contributed by atoms with Gasteiger partial charge in [-0.15, -0.1) is 11.3 Å². The van der Waals surface area contributed by atoms with Crippen LogP contribution in [0.2, 0.25) is 0 Å². The maximum absolute atomic E-state index is 5.88. The van der Waals surface area contributed by atoms with Gasteiger partial charge in [0.2, 0.25) is 0 Å². The van der Waals surface area contributed by atoms with Gasteiger partial charge < -0.3 is 18.9 Å². The quantitative estimate of drug-likeness (QED) is 0.758. The Bertz CT molecular complexity index is 375. The molecule has 0 fully saturated rings. The average molecular weight is 258 g/mol. The first-order chi connectivity index (χ1) is 8.22. The van der Waals surface area contributed by atoms with Gasteiger partial charge in [-0.1, -0.05) is 0 Å². The van der Waals surface area contributed by atoms with Gasteiger partial charge in [0.05, 0.1) is 19.8 Å². The smallest absolute Gasteiger partial charge is 0.175 e. The zero-order valence-electron chi connectivity index (χ0n) is 10.4. The number of hydrogen-bond acceptors (Lipinski definition) is 5. The molecule has 0 radical (unpaired) electrons. The highest BCUT2D eigenvalue weighted by molar-refractivity contribution is 7.12. The van der Waals surface area contributed by atoms with Crippen LogP contribution in [-0.4, -0.2) is 39.6 Å². The van der Waals surface area contributed by atoms with Gasteiger partial charge in [-0.2, -0.15) is 0 Å². The molecule has 4 nitrogen and oxygen atoms in total. The molecule has 0 aliphatic carbocycles. The highest BCUT2D eigenvalue weighted by atomic mass is 32.1. The molecule has 1 aliphatic heterocycles. The normalized spacial score (nSPS) is 18.4. The molecule has 5 heteroatoms. The number of aryl methyl sites for hydroxylation is 2. The molecule has 1 atom stereocenters. The summed E-state index contributed by atoms with van der Waals surface area (Å²) in [6.45, 7) is 6.39. The molecule has 1 aromatic rings. The number of ether oxygens (including phenoxy) is 4. The van der Waals surface area contributed by atoms with Crippen LogP contribution in [0.15, 0.2) is 0 Å². The van der Waals surface area contributed by atoms with E-state index in [1.165, 1.54) is 9.75 Å². The average Bonchev–Trinajstić information content (AvgIpc) is 2.61. The second-order valence-corrected chi connectivity index (χ2v) is 5.42. The number of thiophene rings is 1. The third-order valence-corrected chi connectivity index (χ3v) is 3.57. The standard InChI is InChI=1S/C12H18O4S/c1-8-11-12(9(2)17-8)16-10(7-15-11)6-14-5-4-13-3/h10H,4-7H2,1-3H3. The van der Waals surface area contributed by atoms with Gasteiger partial charge in [0.15, 0.2) is 17.6 Å². The lowest BCUT2D eigenvalue weighted by Gasteiger charge is -2.25. The van der Waals surface area contributed by atoms with E-state index in [1.807, 2.05) is 6.92 Å². The molecule has 1 aliphatic rings. The van der Waals surface area contributed by atoms with Crippen molar-refractivity contribution >= 4 is 11.3 Å². The van der Waals surface area contributed by atoms with Gasteiger partial charge in [-0.3, -0.25) is 0 Å². The fourth-order valence-corrected chi connectivity index (χ4v) is 2.70. The summed E-state index contributed by atoms with van der Waals surface area (Å²) in [6.07, 6.45) is -0.0212. The first-order valence-electron chi connectivity index (χ1n) is 5.68. The van der Waals surface area contributed by atoms with Crippen LogP contribution < -0.4 is 9.47 Å². The third-order valence-electron chi connectivity index (χ3n) is 2.59. The number of rotatable bonds is 5. The molecule has 0 bridgehead atoms. The number of hydrogen-bond donors (Lipinski definition) is 0. The lowest BCUT2D eigenvalue weighted by atomic mass is 10.3. The highest BCUT2D eigenvalue weighted by Gasteiger charge is 2.26. The fraction of sp³-hybridized carbons (Fsp3) is 0.667. The van der Waals surface area contributed by atoms with Crippen LogP contribution in [0.3, 0.4) is 0 Å². The highest BCUT2D eigenvalue weighted by Crippen LogP contribution is 2.43. The molecule has 96 valence electrons. The Kier molecular flexibility index (Phi) is 4.25. The summed E-state index contributed by atoms with van der Waals surface area (Å²) in [5.41, 5.74) is 0. The van der Waals surface area contributed by atoms with E-state index in [9.17, 15) is 0 Å². The largest absolute Gasteiger partial charge is 0.485 e. The summed E-state index contributed by atoms with van der Waals surface area (Å²) < 4.78 is 22.0. The Morgan fingerprint density at radius 1 is 1.24 bits per heavy atom. The molecule has 0 N–H and O–H groups in total. The van der Waals surface area contributed by atoms with Crippen LogP contribution in [0.1, 0.15) is 9.75 Å². The summed E-state index contributed by atoms with van der Waals surface area (Å²) in [4.78, 5) is 2.34. The van der Waals surface area contributed by atoms with Crippen LogP contribution in [0.5, 0.6) is 11.5 Å². The van der Waals surface area contributed by atoms with Crippen LogP contribution >= 0.6 is 11.3 Å². The van der Waals surface area contributed by atoms with E-state index < -0.39 is 0 Å². The maximum atomic E-state index is 5.88. The second-order valence-electron chi connectivity index (χ2n) is 3.99. The molecule has 1 aromatic heterocycles. The third kappa shape index (κ3) is 2.91. The number of methoxy groups -OCH3 is 1. The molecule has 0 amide bonds. The van der Waals surface area contributed by atoms with Crippen molar-refractivity contribution in [2.24, 2.45) is 0 Å². The summed E-state index contributed by atoms with van der Waals surface area (Å²) in [5.74, 6) is 1.79. The number of fused-ring (bicyclic) bond motifs is 1. The monoisotopic (exact) mass is 258 g/mol. The van der Waals surface area contributed by atoms with Gasteiger partial charge in [-0.05, 0) is 13.8 Å². The molecule has 0 aromatic carbocycles. The molecule has 2 rings (SSSR count). The van der Waals surface area contributed by atoms with Gasteiger partial charge in [0, 0.05) is 16.9 Å². The molecular weight excluding hydrogens is 240 g/mol. The van der Waals surface area contributed by atoms with E-state index in [2.05, 4.69) is 6.92 Å². The van der Waals surface area contributed by atoms with Crippen molar-refractivity contribution in [1.82, 2.24) is 0 Å². The van der Waals surface area contributed by atoms with Crippen LogP contribution in [0.4, 0.5) is 0 Å². The van der Waals surface area contributed by atoms with E-state index in [4.69, 9.17) is 18.9 Å². The van der Waals surface area contributed by atoms with Gasteiger partial charge in [-0.25, -0.2) is 0 Å². The minimum Gasteiger partial charge on any atom is -0.485 e. The summed E-state index contributed by atoms with van der Waals surface area (Å²) in [6, 6.07) is 0. The Hall–Kier alpha value is -0.780. The van der Waals surface area contributed by atoms with Crippen molar-refractivity contribution in [2.75, 3.05) is 33.5 Å². The molecule has 17 heavy (non-hydrogen) atoms. The van der Waals surface area contributed by atoms with Crippen molar-refractivity contribution in [2.45, 2.75) is 20.0 Å². The van der Waals surface area contributed by atoms with Gasteiger partial charge >= 0.3 is 0 Å². The summed E-state index contributed by atoms with van der Waals surface area (Å²) >= 11 is 1.71. The summed E-state index contributed by atoms with van der Waals surface area (Å²) in [7, 11) is 1.66. The lowest BCUT2D eigenvalue weighted by Crippen LogP contribution is -2.33. The van der Waals surface area contributed by atoms with Crippen molar-refractivity contribution in [1.29, 1.82) is 0 Å². The zero-order valence-corrected chi connectivity index (χ0v) is 11.3. The Balaban J connectivity index is 1.88. The predicted molar refractivity (Wildman–Crippen MR) is 66.4 cm³/mol. The minimum atomic E-state index is -0.0212. The van der Waals surface area contributed by atoms with Crippen LogP contribution in [0.25, 0.3) is 0 Å².